The van der Waals surface area contributed by atoms with Crippen molar-refractivity contribution in [1.29, 1.82) is 0 Å². The van der Waals surface area contributed by atoms with Gasteiger partial charge in [-0.1, -0.05) is 5.16 Å². The van der Waals surface area contributed by atoms with Crippen LogP contribution in [0.3, 0.4) is 0 Å². The number of rotatable bonds is 6. The topological polar surface area (TPSA) is 85.1 Å². The Bertz CT molecular complexity index is 799. The molecule has 0 amide bonds. The smallest absolute Gasteiger partial charge is 0.175 e. The van der Waals surface area contributed by atoms with Crippen molar-refractivity contribution in [1.82, 2.24) is 15.1 Å². The number of aryl methyl sites for hydroxylation is 1. The number of benzene rings is 1. The third-order valence-electron chi connectivity index (χ3n) is 3.05. The van der Waals surface area contributed by atoms with E-state index in [9.17, 15) is 0 Å². The first-order valence-corrected chi connectivity index (χ1v) is 7.64. The van der Waals surface area contributed by atoms with Gasteiger partial charge in [0.1, 0.15) is 29.5 Å². The van der Waals surface area contributed by atoms with E-state index in [1.54, 1.807) is 12.1 Å². The fraction of sp³-hybridized carbons (Fsp3) is 0.235. The molecule has 124 valence electrons. The van der Waals surface area contributed by atoms with E-state index in [-0.39, 0.29) is 6.10 Å². The van der Waals surface area contributed by atoms with Crippen LogP contribution in [0.2, 0.25) is 0 Å². The van der Waals surface area contributed by atoms with Crippen molar-refractivity contribution in [2.24, 2.45) is 0 Å². The average molecular weight is 325 g/mol. The molecule has 2 aromatic heterocycles. The quantitative estimate of drug-likeness (QED) is 0.707. The summed E-state index contributed by atoms with van der Waals surface area (Å²) in [6.07, 6.45) is 1.63. The van der Waals surface area contributed by atoms with Gasteiger partial charge in [-0.25, -0.2) is 9.97 Å². The molecule has 0 aliphatic heterocycles. The molecule has 0 unspecified atom stereocenters. The summed E-state index contributed by atoms with van der Waals surface area (Å²) in [6, 6.07) is 11.3. The second kappa shape index (κ2) is 6.99. The zero-order valence-electron chi connectivity index (χ0n) is 13.8. The Kier molecular flexibility index (Phi) is 4.60. The van der Waals surface area contributed by atoms with E-state index in [2.05, 4.69) is 25.8 Å². The summed E-state index contributed by atoms with van der Waals surface area (Å²) < 4.78 is 10.6. The third-order valence-corrected chi connectivity index (χ3v) is 3.05. The lowest BCUT2D eigenvalue weighted by molar-refractivity contribution is 0.242. The number of hydrogen-bond acceptors (Lipinski definition) is 7. The van der Waals surface area contributed by atoms with Crippen LogP contribution < -0.4 is 15.4 Å². The summed E-state index contributed by atoms with van der Waals surface area (Å²) in [7, 11) is 0. The van der Waals surface area contributed by atoms with E-state index in [1.165, 1.54) is 6.33 Å². The highest BCUT2D eigenvalue weighted by molar-refractivity contribution is 5.61. The predicted molar refractivity (Wildman–Crippen MR) is 92.0 cm³/mol. The molecule has 0 spiro atoms. The molecule has 0 radical (unpaired) electrons. The Hall–Kier alpha value is -3.09. The predicted octanol–water partition coefficient (Wildman–Crippen LogP) is 4.05. The zero-order valence-corrected chi connectivity index (χ0v) is 13.8. The van der Waals surface area contributed by atoms with Crippen molar-refractivity contribution in [3.8, 4) is 5.75 Å². The maximum atomic E-state index is 5.63. The largest absolute Gasteiger partial charge is 0.491 e. The van der Waals surface area contributed by atoms with Gasteiger partial charge in [-0.05, 0) is 45.0 Å². The van der Waals surface area contributed by atoms with Crippen LogP contribution in [0, 0.1) is 6.92 Å². The summed E-state index contributed by atoms with van der Waals surface area (Å²) in [6.45, 7) is 5.83. The van der Waals surface area contributed by atoms with Crippen LogP contribution in [0.4, 0.5) is 23.1 Å². The molecule has 3 aromatic rings. The first-order valence-electron chi connectivity index (χ1n) is 7.64. The van der Waals surface area contributed by atoms with Crippen molar-refractivity contribution in [2.45, 2.75) is 26.9 Å². The lowest BCUT2D eigenvalue weighted by Crippen LogP contribution is -2.05. The number of aromatic nitrogens is 3. The summed E-state index contributed by atoms with van der Waals surface area (Å²) in [4.78, 5) is 8.38. The van der Waals surface area contributed by atoms with E-state index in [1.807, 2.05) is 45.0 Å². The van der Waals surface area contributed by atoms with Gasteiger partial charge in [0.05, 0.1) is 6.10 Å². The Morgan fingerprint density at radius 3 is 2.29 bits per heavy atom. The van der Waals surface area contributed by atoms with Crippen molar-refractivity contribution in [2.75, 3.05) is 10.6 Å². The Morgan fingerprint density at radius 1 is 0.958 bits per heavy atom. The molecule has 0 atom stereocenters. The number of ether oxygens (including phenoxy) is 1. The molecule has 0 aliphatic carbocycles. The van der Waals surface area contributed by atoms with E-state index < -0.39 is 0 Å². The van der Waals surface area contributed by atoms with E-state index in [4.69, 9.17) is 9.26 Å². The molecule has 0 saturated heterocycles. The van der Waals surface area contributed by atoms with Crippen molar-refractivity contribution < 1.29 is 9.26 Å². The monoisotopic (exact) mass is 325 g/mol. The van der Waals surface area contributed by atoms with Gasteiger partial charge in [0.2, 0.25) is 0 Å². The summed E-state index contributed by atoms with van der Waals surface area (Å²) >= 11 is 0. The van der Waals surface area contributed by atoms with Gasteiger partial charge in [0, 0.05) is 17.8 Å². The lowest BCUT2D eigenvalue weighted by Gasteiger charge is -2.11. The van der Waals surface area contributed by atoms with Gasteiger partial charge < -0.3 is 19.9 Å². The molecule has 0 fully saturated rings. The van der Waals surface area contributed by atoms with Crippen LogP contribution in [-0.2, 0) is 0 Å². The van der Waals surface area contributed by atoms with Gasteiger partial charge in [-0.3, -0.25) is 0 Å². The highest BCUT2D eigenvalue weighted by Crippen LogP contribution is 2.21. The second-order valence-corrected chi connectivity index (χ2v) is 5.55. The molecule has 24 heavy (non-hydrogen) atoms. The minimum atomic E-state index is 0.152. The highest BCUT2D eigenvalue weighted by atomic mass is 16.5. The van der Waals surface area contributed by atoms with E-state index in [0.717, 1.165) is 17.2 Å². The number of anilines is 4. The summed E-state index contributed by atoms with van der Waals surface area (Å²) in [5, 5.41) is 10.2. The Labute approximate surface area is 140 Å². The molecular formula is C17H19N5O2. The molecule has 0 saturated carbocycles. The molecule has 1 aromatic carbocycles. The summed E-state index contributed by atoms with van der Waals surface area (Å²) in [5.74, 6) is 3.47. The van der Waals surface area contributed by atoms with Crippen LogP contribution in [0.5, 0.6) is 5.75 Å². The average Bonchev–Trinajstić information content (AvgIpc) is 2.94. The van der Waals surface area contributed by atoms with Crippen molar-refractivity contribution in [3.63, 3.8) is 0 Å². The standard InChI is InChI=1S/C17H19N5O2/c1-11(2)23-14-6-4-13(5-7-14)20-15-9-16(19-10-18-15)21-17-8-12(3)24-22-17/h4-11H,1-3H3,(H2,18,19,20,21,22). The minimum Gasteiger partial charge on any atom is -0.491 e. The van der Waals surface area contributed by atoms with Crippen molar-refractivity contribution in [3.05, 3.63) is 48.5 Å². The highest BCUT2D eigenvalue weighted by Gasteiger charge is 2.04. The number of nitrogens with one attached hydrogen (secondary N) is 2. The molecule has 7 nitrogen and oxygen atoms in total. The molecule has 7 heteroatoms. The molecule has 0 bridgehead atoms. The normalized spacial score (nSPS) is 10.7. The molecule has 2 heterocycles. The first kappa shape index (κ1) is 15.8. The Balaban J connectivity index is 1.67. The first-order chi connectivity index (χ1) is 11.6. The van der Waals surface area contributed by atoms with E-state index >= 15 is 0 Å². The summed E-state index contributed by atoms with van der Waals surface area (Å²) in [5.41, 5.74) is 0.910. The zero-order chi connectivity index (χ0) is 16.9. The van der Waals surface area contributed by atoms with Crippen molar-refractivity contribution >= 4 is 23.1 Å². The van der Waals surface area contributed by atoms with Crippen LogP contribution in [0.25, 0.3) is 0 Å². The fourth-order valence-corrected chi connectivity index (χ4v) is 2.09. The van der Waals surface area contributed by atoms with Gasteiger partial charge in [0.15, 0.2) is 5.82 Å². The molecule has 3 rings (SSSR count). The Morgan fingerprint density at radius 2 is 1.67 bits per heavy atom. The number of hydrogen-bond donors (Lipinski definition) is 2. The molecular weight excluding hydrogens is 306 g/mol. The lowest BCUT2D eigenvalue weighted by atomic mass is 10.3. The van der Waals surface area contributed by atoms with Crippen LogP contribution >= 0.6 is 0 Å². The molecule has 2 N–H and O–H groups in total. The fourth-order valence-electron chi connectivity index (χ4n) is 2.09. The SMILES string of the molecule is Cc1cc(Nc2cc(Nc3ccc(OC(C)C)cc3)ncn2)no1. The molecule has 0 aliphatic rings. The van der Waals surface area contributed by atoms with Gasteiger partial charge in [-0.15, -0.1) is 0 Å². The van der Waals surface area contributed by atoms with Gasteiger partial charge in [-0.2, -0.15) is 0 Å². The van der Waals surface area contributed by atoms with Crippen LogP contribution in [-0.4, -0.2) is 21.2 Å². The van der Waals surface area contributed by atoms with E-state index in [0.29, 0.717) is 17.5 Å². The maximum Gasteiger partial charge on any atom is 0.175 e. The maximum absolute atomic E-state index is 5.63. The number of nitrogens with zero attached hydrogens (tertiary/aromatic N) is 3. The van der Waals surface area contributed by atoms with Gasteiger partial charge in [0.25, 0.3) is 0 Å². The van der Waals surface area contributed by atoms with Crippen LogP contribution in [0.1, 0.15) is 19.6 Å². The minimum absolute atomic E-state index is 0.152. The second-order valence-electron chi connectivity index (χ2n) is 5.55. The van der Waals surface area contributed by atoms with Gasteiger partial charge >= 0.3 is 0 Å². The van der Waals surface area contributed by atoms with Crippen LogP contribution in [0.15, 0.2) is 47.2 Å². The third kappa shape index (κ3) is 4.22.